The molecule has 2 aromatic heterocycles. The van der Waals surface area contributed by atoms with Gasteiger partial charge in [-0.05, 0) is 28.1 Å². The van der Waals surface area contributed by atoms with Crippen molar-refractivity contribution < 1.29 is 9.63 Å². The molecule has 0 aliphatic carbocycles. The maximum Gasteiger partial charge on any atom is 0.246 e. The number of hydrogen-bond donors (Lipinski definition) is 2. The van der Waals surface area contributed by atoms with Crippen LogP contribution in [0.15, 0.2) is 20.4 Å². The first-order valence-corrected chi connectivity index (χ1v) is 5.77. The molecular formula is C8H8BrN3O2S. The topological polar surface area (TPSA) is 85.2 Å². The number of thiophene rings is 1. The van der Waals surface area contributed by atoms with Crippen molar-refractivity contribution in [3.63, 3.8) is 0 Å². The Labute approximate surface area is 98.0 Å². The Morgan fingerprint density at radius 2 is 2.40 bits per heavy atom. The Balaban J connectivity index is 2.27. The second kappa shape index (κ2) is 4.40. The van der Waals surface area contributed by atoms with Crippen molar-refractivity contribution in [2.24, 2.45) is 5.73 Å². The molecule has 7 heteroatoms. The molecule has 0 aromatic carbocycles. The first-order chi connectivity index (χ1) is 7.20. The number of halogens is 1. The predicted octanol–water partition coefficient (Wildman–Crippen LogP) is 1.55. The van der Waals surface area contributed by atoms with E-state index in [0.29, 0.717) is 5.82 Å². The third-order valence-electron chi connectivity index (χ3n) is 1.75. The van der Waals surface area contributed by atoms with Crippen LogP contribution in [-0.2, 0) is 0 Å². The predicted molar refractivity (Wildman–Crippen MR) is 59.3 cm³/mol. The van der Waals surface area contributed by atoms with E-state index < -0.39 is 6.04 Å². The van der Waals surface area contributed by atoms with E-state index in [4.69, 9.17) is 15.4 Å². The lowest BCUT2D eigenvalue weighted by Gasteiger charge is -1.98. The molecule has 2 heterocycles. The molecule has 2 rings (SSSR count). The van der Waals surface area contributed by atoms with Crippen LogP contribution in [0.4, 0.5) is 0 Å². The summed E-state index contributed by atoms with van der Waals surface area (Å²) < 4.78 is 5.92. The minimum Gasteiger partial charge on any atom is -0.394 e. The lowest BCUT2D eigenvalue weighted by atomic mass is 10.3. The first kappa shape index (κ1) is 10.7. The van der Waals surface area contributed by atoms with Gasteiger partial charge < -0.3 is 15.4 Å². The Morgan fingerprint density at radius 3 is 3.00 bits per heavy atom. The van der Waals surface area contributed by atoms with Gasteiger partial charge in [0, 0.05) is 0 Å². The fraction of sp³-hybridized carbons (Fsp3) is 0.250. The molecule has 1 atom stereocenters. The van der Waals surface area contributed by atoms with E-state index in [1.165, 1.54) is 11.3 Å². The van der Waals surface area contributed by atoms with Crippen LogP contribution in [0.2, 0.25) is 0 Å². The molecule has 2 aromatic rings. The van der Waals surface area contributed by atoms with Gasteiger partial charge in [-0.15, -0.1) is 11.3 Å². The third kappa shape index (κ3) is 2.25. The van der Waals surface area contributed by atoms with E-state index in [1.54, 1.807) is 0 Å². The number of hydrogen-bond acceptors (Lipinski definition) is 6. The molecule has 0 unspecified atom stereocenters. The molecule has 0 radical (unpaired) electrons. The fourth-order valence-corrected chi connectivity index (χ4v) is 2.31. The molecule has 0 amide bonds. The number of aliphatic hydroxyl groups excluding tert-OH is 1. The molecule has 80 valence electrons. The lowest BCUT2D eigenvalue weighted by Crippen LogP contribution is -2.14. The molecular weight excluding hydrogens is 282 g/mol. The monoisotopic (exact) mass is 289 g/mol. The van der Waals surface area contributed by atoms with Crippen molar-refractivity contribution in [3.8, 4) is 10.7 Å². The summed E-state index contributed by atoms with van der Waals surface area (Å²) >= 11 is 4.85. The van der Waals surface area contributed by atoms with E-state index in [9.17, 15) is 0 Å². The smallest absolute Gasteiger partial charge is 0.246 e. The molecule has 0 spiro atoms. The van der Waals surface area contributed by atoms with Crippen LogP contribution >= 0.6 is 27.3 Å². The summed E-state index contributed by atoms with van der Waals surface area (Å²) in [5.74, 6) is 0.738. The van der Waals surface area contributed by atoms with Crippen LogP contribution in [0.5, 0.6) is 0 Å². The van der Waals surface area contributed by atoms with Crippen molar-refractivity contribution >= 4 is 27.3 Å². The molecule has 0 saturated carbocycles. The molecule has 15 heavy (non-hydrogen) atoms. The number of rotatable bonds is 3. The van der Waals surface area contributed by atoms with Gasteiger partial charge in [0.2, 0.25) is 11.7 Å². The van der Waals surface area contributed by atoms with Gasteiger partial charge in [0.1, 0.15) is 6.04 Å². The molecule has 5 nitrogen and oxygen atoms in total. The Morgan fingerprint density at radius 1 is 1.60 bits per heavy atom. The van der Waals surface area contributed by atoms with Crippen LogP contribution in [0.25, 0.3) is 10.7 Å². The van der Waals surface area contributed by atoms with Crippen molar-refractivity contribution in [2.45, 2.75) is 6.04 Å². The third-order valence-corrected chi connectivity index (χ3v) is 3.37. The second-order valence-corrected chi connectivity index (χ2v) is 5.31. The van der Waals surface area contributed by atoms with Crippen molar-refractivity contribution in [1.82, 2.24) is 10.1 Å². The van der Waals surface area contributed by atoms with Crippen molar-refractivity contribution in [2.75, 3.05) is 6.61 Å². The summed E-state index contributed by atoms with van der Waals surface area (Å²) in [5.41, 5.74) is 5.54. The lowest BCUT2D eigenvalue weighted by molar-refractivity contribution is 0.237. The van der Waals surface area contributed by atoms with Crippen LogP contribution in [0.3, 0.4) is 0 Å². The van der Waals surface area contributed by atoms with Gasteiger partial charge in [-0.2, -0.15) is 4.98 Å². The summed E-state index contributed by atoms with van der Waals surface area (Å²) in [5, 5.41) is 12.6. The van der Waals surface area contributed by atoms with Crippen molar-refractivity contribution in [1.29, 1.82) is 0 Å². The van der Waals surface area contributed by atoms with Crippen LogP contribution in [0, 0.1) is 0 Å². The molecule has 0 saturated heterocycles. The summed E-state index contributed by atoms with van der Waals surface area (Å²) in [7, 11) is 0. The van der Waals surface area contributed by atoms with Gasteiger partial charge in [-0.3, -0.25) is 0 Å². The first-order valence-electron chi connectivity index (χ1n) is 4.16. The maximum atomic E-state index is 8.81. The van der Waals surface area contributed by atoms with Gasteiger partial charge in [-0.25, -0.2) is 0 Å². The molecule has 0 aliphatic heterocycles. The minimum atomic E-state index is -0.616. The summed E-state index contributed by atoms with van der Waals surface area (Å²) in [6, 6.07) is 3.17. The number of aliphatic hydroxyl groups is 1. The van der Waals surface area contributed by atoms with Crippen molar-refractivity contribution in [3.05, 3.63) is 21.8 Å². The summed E-state index contributed by atoms with van der Waals surface area (Å²) in [4.78, 5) is 4.98. The van der Waals surface area contributed by atoms with Crippen LogP contribution in [0.1, 0.15) is 11.9 Å². The zero-order chi connectivity index (χ0) is 10.8. The molecule has 0 bridgehead atoms. The van der Waals surface area contributed by atoms with Gasteiger partial charge in [0.15, 0.2) is 0 Å². The number of nitrogens with two attached hydrogens (primary N) is 1. The Bertz CT molecular complexity index is 456. The second-order valence-electron chi connectivity index (χ2n) is 2.85. The van der Waals surface area contributed by atoms with Gasteiger partial charge in [0.05, 0.1) is 15.3 Å². The zero-order valence-electron chi connectivity index (χ0n) is 7.55. The standard InChI is InChI=1S/C8H8BrN3O2S/c9-6-2-1-5(15-6)7-11-8(14-12-7)4(10)3-13/h1-2,4,13H,3,10H2/t4-/m0/s1. The highest BCUT2D eigenvalue weighted by molar-refractivity contribution is 9.11. The minimum absolute atomic E-state index is 0.213. The number of nitrogens with zero attached hydrogens (tertiary/aromatic N) is 2. The highest BCUT2D eigenvalue weighted by atomic mass is 79.9. The van der Waals surface area contributed by atoms with Crippen LogP contribution in [-0.4, -0.2) is 21.9 Å². The maximum absolute atomic E-state index is 8.81. The molecule has 3 N–H and O–H groups in total. The number of aromatic nitrogens is 2. The Hall–Kier alpha value is -0.760. The largest absolute Gasteiger partial charge is 0.394 e. The average Bonchev–Trinajstić information content (AvgIpc) is 2.84. The fourth-order valence-electron chi connectivity index (χ4n) is 0.998. The SMILES string of the molecule is N[C@@H](CO)c1nc(-c2ccc(Br)s2)no1. The van der Waals surface area contributed by atoms with E-state index in [-0.39, 0.29) is 12.5 Å². The highest BCUT2D eigenvalue weighted by Gasteiger charge is 2.15. The van der Waals surface area contributed by atoms with Gasteiger partial charge in [0.25, 0.3) is 0 Å². The van der Waals surface area contributed by atoms with Gasteiger partial charge >= 0.3 is 0 Å². The molecule has 0 aliphatic rings. The van der Waals surface area contributed by atoms with E-state index in [2.05, 4.69) is 26.1 Å². The zero-order valence-corrected chi connectivity index (χ0v) is 9.96. The molecule has 0 fully saturated rings. The van der Waals surface area contributed by atoms with E-state index in [1.807, 2.05) is 12.1 Å². The quantitative estimate of drug-likeness (QED) is 0.896. The van der Waals surface area contributed by atoms with Gasteiger partial charge in [-0.1, -0.05) is 5.16 Å². The van der Waals surface area contributed by atoms with E-state index in [0.717, 1.165) is 8.66 Å². The summed E-state index contributed by atoms with van der Waals surface area (Å²) in [6.45, 7) is -0.213. The van der Waals surface area contributed by atoms with E-state index >= 15 is 0 Å². The normalized spacial score (nSPS) is 13.0. The Kier molecular flexibility index (Phi) is 3.15. The highest BCUT2D eigenvalue weighted by Crippen LogP contribution is 2.29. The average molecular weight is 290 g/mol. The summed E-state index contributed by atoms with van der Waals surface area (Å²) in [6.07, 6.45) is 0. The van der Waals surface area contributed by atoms with Crippen LogP contribution < -0.4 is 5.73 Å².